The van der Waals surface area contributed by atoms with Gasteiger partial charge in [-0.15, -0.1) is 0 Å². The second kappa shape index (κ2) is 7.95. The van der Waals surface area contributed by atoms with Crippen molar-refractivity contribution in [3.05, 3.63) is 47.8 Å². The first kappa shape index (κ1) is 17.2. The van der Waals surface area contributed by atoms with E-state index in [2.05, 4.69) is 37.5 Å². The summed E-state index contributed by atoms with van der Waals surface area (Å²) in [5.41, 5.74) is 3.57. The van der Waals surface area contributed by atoms with Gasteiger partial charge in [0.1, 0.15) is 0 Å². The van der Waals surface area contributed by atoms with Crippen molar-refractivity contribution in [3.63, 3.8) is 0 Å². The summed E-state index contributed by atoms with van der Waals surface area (Å²) < 4.78 is 2.00. The molecular weight excluding hydrogens is 298 g/mol. The van der Waals surface area contributed by atoms with E-state index in [1.165, 1.54) is 11.3 Å². The van der Waals surface area contributed by atoms with Crippen molar-refractivity contribution in [2.24, 2.45) is 5.92 Å². The van der Waals surface area contributed by atoms with E-state index in [9.17, 15) is 5.11 Å². The number of nitrogens with one attached hydrogen (secondary N) is 1. The summed E-state index contributed by atoms with van der Waals surface area (Å²) in [7, 11) is 0. The second-order valence-electron chi connectivity index (χ2n) is 7.26. The zero-order valence-electron chi connectivity index (χ0n) is 14.8. The summed E-state index contributed by atoms with van der Waals surface area (Å²) in [4.78, 5) is 0. The normalized spacial score (nSPS) is 21.3. The van der Waals surface area contributed by atoms with Crippen LogP contribution in [0.1, 0.15) is 56.7 Å². The molecule has 0 spiro atoms. The van der Waals surface area contributed by atoms with Crippen LogP contribution in [-0.2, 0) is 6.54 Å². The van der Waals surface area contributed by atoms with Gasteiger partial charge in [-0.1, -0.05) is 32.0 Å². The summed E-state index contributed by atoms with van der Waals surface area (Å²) in [6.45, 7) is 5.62. The molecule has 4 heteroatoms. The molecule has 3 rings (SSSR count). The number of para-hydroxylation sites is 1. The zero-order chi connectivity index (χ0) is 16.9. The fourth-order valence-corrected chi connectivity index (χ4v) is 3.56. The lowest BCUT2D eigenvalue weighted by atomic mass is 9.86. The van der Waals surface area contributed by atoms with Crippen LogP contribution in [-0.4, -0.2) is 27.5 Å². The summed E-state index contributed by atoms with van der Waals surface area (Å²) in [5, 5.41) is 17.8. The molecule has 2 N–H and O–H groups in total. The fraction of sp³-hybridized carbons (Fsp3) is 0.550. The molecule has 1 heterocycles. The molecule has 1 aliphatic carbocycles. The number of aliphatic hydroxyl groups is 1. The number of benzene rings is 1. The van der Waals surface area contributed by atoms with Gasteiger partial charge in [0.25, 0.3) is 0 Å². The van der Waals surface area contributed by atoms with E-state index in [0.717, 1.165) is 37.9 Å². The molecule has 130 valence electrons. The lowest BCUT2D eigenvalue weighted by Gasteiger charge is -2.28. The molecule has 2 aromatic rings. The minimum absolute atomic E-state index is 0.341. The summed E-state index contributed by atoms with van der Waals surface area (Å²) in [5.74, 6) is 0.923. The lowest BCUT2D eigenvalue weighted by Crippen LogP contribution is -2.33. The molecule has 1 aromatic carbocycles. The molecule has 0 aliphatic heterocycles. The van der Waals surface area contributed by atoms with Gasteiger partial charge >= 0.3 is 0 Å². The van der Waals surface area contributed by atoms with Crippen LogP contribution in [0.25, 0.3) is 5.69 Å². The highest BCUT2D eigenvalue weighted by molar-refractivity contribution is 5.33. The van der Waals surface area contributed by atoms with E-state index in [-0.39, 0.29) is 0 Å². The standard InChI is InChI=1S/C20H29N3O/c1-15(2)20-17(12-21-18-10-8-16(14-24)9-11-18)13-23(22-20)19-6-4-3-5-7-19/h3-7,13,15-16,18,21,24H,8-12,14H2,1-2H3. The Kier molecular flexibility index (Phi) is 5.69. The van der Waals surface area contributed by atoms with E-state index in [4.69, 9.17) is 5.10 Å². The molecule has 4 nitrogen and oxygen atoms in total. The summed E-state index contributed by atoms with van der Waals surface area (Å²) in [6.07, 6.45) is 6.75. The Morgan fingerprint density at radius 1 is 1.17 bits per heavy atom. The Balaban J connectivity index is 1.67. The van der Waals surface area contributed by atoms with Gasteiger partial charge in [0, 0.05) is 31.0 Å². The van der Waals surface area contributed by atoms with E-state index in [1.807, 2.05) is 22.9 Å². The average molecular weight is 327 g/mol. The molecule has 0 amide bonds. The Morgan fingerprint density at radius 2 is 1.88 bits per heavy atom. The number of nitrogens with zero attached hydrogens (tertiary/aromatic N) is 2. The number of hydrogen-bond donors (Lipinski definition) is 2. The first-order valence-corrected chi connectivity index (χ1v) is 9.15. The van der Waals surface area contributed by atoms with Crippen molar-refractivity contribution in [2.45, 2.75) is 58.0 Å². The van der Waals surface area contributed by atoms with Crippen molar-refractivity contribution >= 4 is 0 Å². The molecule has 0 saturated heterocycles. The quantitative estimate of drug-likeness (QED) is 0.852. The highest BCUT2D eigenvalue weighted by Crippen LogP contribution is 2.25. The minimum Gasteiger partial charge on any atom is -0.396 e. The molecular formula is C20H29N3O. The molecule has 0 radical (unpaired) electrons. The average Bonchev–Trinajstić information content (AvgIpc) is 3.06. The van der Waals surface area contributed by atoms with Crippen molar-refractivity contribution in [1.82, 2.24) is 15.1 Å². The summed E-state index contributed by atoms with van der Waals surface area (Å²) >= 11 is 0. The fourth-order valence-electron chi connectivity index (χ4n) is 3.56. The van der Waals surface area contributed by atoms with Gasteiger partial charge in [-0.2, -0.15) is 5.10 Å². The largest absolute Gasteiger partial charge is 0.396 e. The third-order valence-corrected chi connectivity index (χ3v) is 5.08. The zero-order valence-corrected chi connectivity index (χ0v) is 14.8. The van der Waals surface area contributed by atoms with Crippen LogP contribution in [0.4, 0.5) is 0 Å². The van der Waals surface area contributed by atoms with Crippen molar-refractivity contribution in [2.75, 3.05) is 6.61 Å². The highest BCUT2D eigenvalue weighted by atomic mass is 16.3. The van der Waals surface area contributed by atoms with Gasteiger partial charge in [-0.05, 0) is 49.7 Å². The first-order valence-electron chi connectivity index (χ1n) is 9.15. The van der Waals surface area contributed by atoms with E-state index < -0.39 is 0 Å². The second-order valence-corrected chi connectivity index (χ2v) is 7.26. The maximum atomic E-state index is 9.26. The Bertz CT molecular complexity index is 628. The van der Waals surface area contributed by atoms with Gasteiger partial charge in [0.2, 0.25) is 0 Å². The molecule has 24 heavy (non-hydrogen) atoms. The van der Waals surface area contributed by atoms with E-state index in [0.29, 0.717) is 24.5 Å². The van der Waals surface area contributed by atoms with Crippen molar-refractivity contribution in [3.8, 4) is 5.69 Å². The molecule has 0 unspecified atom stereocenters. The Morgan fingerprint density at radius 3 is 2.50 bits per heavy atom. The predicted octanol–water partition coefficient (Wildman–Crippen LogP) is 3.64. The lowest BCUT2D eigenvalue weighted by molar-refractivity contribution is 0.175. The van der Waals surface area contributed by atoms with Crippen molar-refractivity contribution in [1.29, 1.82) is 0 Å². The maximum absolute atomic E-state index is 9.26. The topological polar surface area (TPSA) is 50.1 Å². The third kappa shape index (κ3) is 4.05. The van der Waals surface area contributed by atoms with Gasteiger partial charge < -0.3 is 10.4 Å². The predicted molar refractivity (Wildman–Crippen MR) is 97.3 cm³/mol. The SMILES string of the molecule is CC(C)c1nn(-c2ccccc2)cc1CNC1CCC(CO)CC1. The van der Waals surface area contributed by atoms with Crippen LogP contribution in [0.2, 0.25) is 0 Å². The third-order valence-electron chi connectivity index (χ3n) is 5.08. The summed E-state index contributed by atoms with van der Waals surface area (Å²) in [6, 6.07) is 10.9. The van der Waals surface area contributed by atoms with Crippen LogP contribution >= 0.6 is 0 Å². The molecule has 1 aliphatic rings. The molecule has 1 fully saturated rings. The van der Waals surface area contributed by atoms with Crippen LogP contribution in [0.5, 0.6) is 0 Å². The van der Waals surface area contributed by atoms with Crippen LogP contribution in [0.15, 0.2) is 36.5 Å². The molecule has 1 aromatic heterocycles. The number of hydrogen-bond acceptors (Lipinski definition) is 3. The number of aliphatic hydroxyl groups excluding tert-OH is 1. The van der Waals surface area contributed by atoms with Crippen LogP contribution in [0, 0.1) is 5.92 Å². The number of aromatic nitrogens is 2. The Hall–Kier alpha value is -1.65. The smallest absolute Gasteiger partial charge is 0.0699 e. The number of rotatable bonds is 6. The molecule has 0 atom stereocenters. The van der Waals surface area contributed by atoms with Gasteiger partial charge in [0.15, 0.2) is 0 Å². The van der Waals surface area contributed by atoms with Gasteiger partial charge in [-0.25, -0.2) is 4.68 Å². The maximum Gasteiger partial charge on any atom is 0.0699 e. The van der Waals surface area contributed by atoms with E-state index >= 15 is 0 Å². The van der Waals surface area contributed by atoms with Crippen LogP contribution in [0.3, 0.4) is 0 Å². The highest BCUT2D eigenvalue weighted by Gasteiger charge is 2.21. The molecule has 0 bridgehead atoms. The minimum atomic E-state index is 0.341. The monoisotopic (exact) mass is 327 g/mol. The van der Waals surface area contributed by atoms with Crippen molar-refractivity contribution < 1.29 is 5.11 Å². The first-order chi connectivity index (χ1) is 11.7. The van der Waals surface area contributed by atoms with Gasteiger partial charge in [-0.3, -0.25) is 0 Å². The molecule has 1 saturated carbocycles. The Labute approximate surface area is 144 Å². The van der Waals surface area contributed by atoms with E-state index in [1.54, 1.807) is 0 Å². The van der Waals surface area contributed by atoms with Gasteiger partial charge in [0.05, 0.1) is 11.4 Å². The van der Waals surface area contributed by atoms with Crippen LogP contribution < -0.4 is 5.32 Å².